The predicted octanol–water partition coefficient (Wildman–Crippen LogP) is 11.2. The molecule has 5 aromatic rings. The van der Waals surface area contributed by atoms with Gasteiger partial charge in [-0.05, 0) is 142 Å². The lowest BCUT2D eigenvalue weighted by Crippen LogP contribution is -2.35. The average molecular weight is 1020 g/mol. The van der Waals surface area contributed by atoms with Gasteiger partial charge in [0, 0.05) is 50.8 Å². The van der Waals surface area contributed by atoms with Gasteiger partial charge in [0.05, 0.1) is 26.2 Å². The van der Waals surface area contributed by atoms with Crippen molar-refractivity contribution < 1.29 is 25.3 Å². The van der Waals surface area contributed by atoms with Crippen molar-refractivity contribution in [3.63, 3.8) is 0 Å². The number of hydrogen-bond acceptors (Lipinski definition) is 11. The Hall–Kier alpha value is -3.39. The van der Waals surface area contributed by atoms with E-state index in [1.807, 2.05) is 30.3 Å². The van der Waals surface area contributed by atoms with Crippen LogP contribution in [0.4, 0.5) is 11.6 Å². The van der Waals surface area contributed by atoms with Crippen molar-refractivity contribution in [2.45, 2.75) is 125 Å². The van der Waals surface area contributed by atoms with E-state index in [0.717, 1.165) is 102 Å². The summed E-state index contributed by atoms with van der Waals surface area (Å²) in [5.74, 6) is 0.725. The molecule has 0 spiro atoms. The third-order valence-corrected chi connectivity index (χ3v) is 18.9. The van der Waals surface area contributed by atoms with Crippen LogP contribution in [-0.2, 0) is 42.9 Å². The number of rotatable bonds is 17. The van der Waals surface area contributed by atoms with Gasteiger partial charge in [0.1, 0.15) is 16.5 Å². The highest BCUT2D eigenvalue weighted by atomic mass is 35.5. The van der Waals surface area contributed by atoms with Crippen LogP contribution in [0.3, 0.4) is 0 Å². The highest BCUT2D eigenvalue weighted by Crippen LogP contribution is 2.35. The van der Waals surface area contributed by atoms with Crippen LogP contribution in [0.5, 0.6) is 0 Å². The molecule has 0 amide bonds. The zero-order valence-corrected chi connectivity index (χ0v) is 42.2. The molecule has 2 aliphatic rings. The number of hydrogen-bond donors (Lipinski definition) is 2. The van der Waals surface area contributed by atoms with Crippen molar-refractivity contribution in [1.29, 1.82) is 0 Å². The van der Waals surface area contributed by atoms with Crippen LogP contribution >= 0.6 is 46.7 Å². The smallest absolute Gasteiger partial charge is 0.264 e. The monoisotopic (exact) mass is 1020 g/mol. The molecule has 350 valence electrons. The third-order valence-electron chi connectivity index (χ3n) is 10.9. The summed E-state index contributed by atoms with van der Waals surface area (Å²) < 4.78 is 83.0. The normalized spacial score (nSPS) is 15.3. The number of halogens is 2. The van der Waals surface area contributed by atoms with E-state index in [9.17, 15) is 25.3 Å². The standard InChI is InChI=1S/C26H29Cl2N3O4S3.C20H27N3O2S2/c1-2-3-7-23-24(13-15-26(29-23)30-37(32,33)25-14-8-19(27)18-22(25)28)36-20-9-11-21(12-10-20)38(34,35)31-16-5-4-6-17-31;1-2-3-7-18-19(12-13-20(21)22-18)26-16-8-10-17(11-9-16)27(24,25)23-14-5-4-6-15-23/h8-15,18H,2-7,16-17H2,1H3,(H,29,30);8-13H,2-7,14-15H2,1H3,(H2,21,22). The topological polar surface area (TPSA) is 173 Å². The molecule has 65 heavy (non-hydrogen) atoms. The number of pyridine rings is 2. The first kappa shape index (κ1) is 51.0. The predicted molar refractivity (Wildman–Crippen MR) is 264 cm³/mol. The van der Waals surface area contributed by atoms with E-state index in [1.165, 1.54) is 30.0 Å². The fourth-order valence-corrected chi connectivity index (χ4v) is 14.0. The Morgan fingerprint density at radius 3 is 1.52 bits per heavy atom. The molecular weight excluding hydrogens is 964 g/mol. The van der Waals surface area contributed by atoms with Crippen molar-refractivity contribution in [2.75, 3.05) is 36.6 Å². The van der Waals surface area contributed by atoms with Crippen molar-refractivity contribution in [1.82, 2.24) is 18.6 Å². The summed E-state index contributed by atoms with van der Waals surface area (Å²) in [6.07, 6.45) is 11.4. The highest BCUT2D eigenvalue weighted by Gasteiger charge is 2.27. The summed E-state index contributed by atoms with van der Waals surface area (Å²) in [6, 6.07) is 25.5. The molecule has 3 aromatic carbocycles. The second-order valence-corrected chi connectivity index (χ2v) is 24.4. The summed E-state index contributed by atoms with van der Waals surface area (Å²) in [4.78, 5) is 13.5. The van der Waals surface area contributed by atoms with Crippen LogP contribution < -0.4 is 10.5 Å². The molecule has 4 heterocycles. The minimum atomic E-state index is -3.97. The van der Waals surface area contributed by atoms with Gasteiger partial charge in [0.15, 0.2) is 0 Å². The van der Waals surface area contributed by atoms with Gasteiger partial charge in [-0.25, -0.2) is 35.2 Å². The second kappa shape index (κ2) is 23.6. The Kier molecular flexibility index (Phi) is 18.5. The number of aryl methyl sites for hydroxylation is 2. The lowest BCUT2D eigenvalue weighted by atomic mass is 10.2. The largest absolute Gasteiger partial charge is 0.384 e. The van der Waals surface area contributed by atoms with Crippen molar-refractivity contribution >= 4 is 88.4 Å². The van der Waals surface area contributed by atoms with E-state index in [-0.39, 0.29) is 15.7 Å². The number of benzene rings is 3. The van der Waals surface area contributed by atoms with Crippen LogP contribution in [0.1, 0.15) is 89.4 Å². The van der Waals surface area contributed by atoms with E-state index in [0.29, 0.717) is 53.2 Å². The maximum absolute atomic E-state index is 13.0. The fourth-order valence-electron chi connectivity index (χ4n) is 7.29. The van der Waals surface area contributed by atoms with Gasteiger partial charge in [-0.15, -0.1) is 0 Å². The van der Waals surface area contributed by atoms with Crippen LogP contribution in [0.25, 0.3) is 0 Å². The van der Waals surface area contributed by atoms with E-state index < -0.39 is 30.1 Å². The molecule has 19 heteroatoms. The molecule has 0 atom stereocenters. The summed E-state index contributed by atoms with van der Waals surface area (Å²) in [5, 5.41) is 0.363. The first-order valence-corrected chi connectivity index (χ1v) is 28.6. The van der Waals surface area contributed by atoms with Crippen LogP contribution in [-0.4, -0.2) is 70.0 Å². The molecule has 0 saturated carbocycles. The van der Waals surface area contributed by atoms with Crippen LogP contribution in [0.15, 0.2) is 125 Å². The van der Waals surface area contributed by atoms with E-state index in [1.54, 1.807) is 62.8 Å². The summed E-state index contributed by atoms with van der Waals surface area (Å²) in [7, 11) is -10.8. The Bertz CT molecular complexity index is 2720. The fraction of sp³-hybridized carbons (Fsp3) is 0.391. The number of unbranched alkanes of at least 4 members (excludes halogenated alkanes) is 2. The first-order chi connectivity index (χ1) is 31.1. The minimum Gasteiger partial charge on any atom is -0.384 e. The molecule has 12 nitrogen and oxygen atoms in total. The number of nitrogens with one attached hydrogen (secondary N) is 1. The van der Waals surface area contributed by atoms with E-state index in [2.05, 4.69) is 28.5 Å². The third kappa shape index (κ3) is 13.8. The lowest BCUT2D eigenvalue weighted by molar-refractivity contribution is 0.346. The maximum Gasteiger partial charge on any atom is 0.264 e. The molecule has 7 rings (SSSR count). The highest BCUT2D eigenvalue weighted by molar-refractivity contribution is 7.99. The van der Waals surface area contributed by atoms with Gasteiger partial charge >= 0.3 is 0 Å². The molecular formula is C46H56Cl2N6O6S5. The van der Waals surface area contributed by atoms with Gasteiger partial charge in [-0.2, -0.15) is 8.61 Å². The molecule has 3 N–H and O–H groups in total. The van der Waals surface area contributed by atoms with Gasteiger partial charge in [0.2, 0.25) is 20.0 Å². The van der Waals surface area contributed by atoms with Crippen LogP contribution in [0, 0.1) is 0 Å². The lowest BCUT2D eigenvalue weighted by Gasteiger charge is -2.25. The van der Waals surface area contributed by atoms with Gasteiger partial charge in [0.25, 0.3) is 10.0 Å². The Labute approximate surface area is 403 Å². The average Bonchev–Trinajstić information content (AvgIpc) is 3.30. The molecule has 2 fully saturated rings. The molecule has 2 aromatic heterocycles. The molecule has 0 bridgehead atoms. The van der Waals surface area contributed by atoms with Crippen LogP contribution in [0.2, 0.25) is 10.0 Å². The number of nitrogens with two attached hydrogens (primary N) is 1. The van der Waals surface area contributed by atoms with E-state index in [4.69, 9.17) is 28.9 Å². The second-order valence-electron chi connectivity index (χ2n) is 15.8. The summed E-state index contributed by atoms with van der Waals surface area (Å²) in [5.41, 5.74) is 7.60. The number of nitrogens with zero attached hydrogens (tertiary/aromatic N) is 4. The van der Waals surface area contributed by atoms with Gasteiger partial charge < -0.3 is 5.73 Å². The molecule has 2 aliphatic heterocycles. The van der Waals surface area contributed by atoms with E-state index >= 15 is 0 Å². The summed E-state index contributed by atoms with van der Waals surface area (Å²) in [6.45, 7) is 6.59. The zero-order valence-electron chi connectivity index (χ0n) is 36.6. The molecule has 0 aliphatic carbocycles. The van der Waals surface area contributed by atoms with Crippen molar-refractivity contribution in [2.24, 2.45) is 0 Å². The molecule has 0 unspecified atom stereocenters. The van der Waals surface area contributed by atoms with Gasteiger partial charge in [-0.3, -0.25) is 4.72 Å². The van der Waals surface area contributed by atoms with Gasteiger partial charge in [-0.1, -0.05) is 86.3 Å². The number of aromatic nitrogens is 2. The first-order valence-electron chi connectivity index (χ1n) is 21.9. The number of anilines is 2. The minimum absolute atomic E-state index is 0.0223. The number of piperidine rings is 2. The molecule has 2 saturated heterocycles. The zero-order chi connectivity index (χ0) is 46.6. The number of sulfonamides is 3. The quantitative estimate of drug-likeness (QED) is 0.0908. The number of nitrogen functional groups attached to an aromatic ring is 1. The van der Waals surface area contributed by atoms with Crippen molar-refractivity contribution in [3.05, 3.63) is 112 Å². The maximum atomic E-state index is 13.0. The Balaban J connectivity index is 0.000000228. The Morgan fingerprint density at radius 2 is 1.06 bits per heavy atom. The Morgan fingerprint density at radius 1 is 0.600 bits per heavy atom. The SMILES string of the molecule is CCCCc1nc(N)ccc1Sc1ccc(S(=O)(=O)N2CCCCC2)cc1.CCCCc1nc(NS(=O)(=O)c2ccc(Cl)cc2Cl)ccc1Sc1ccc(S(=O)(=O)N2CCCCC2)cc1. The molecule has 0 radical (unpaired) electrons. The summed E-state index contributed by atoms with van der Waals surface area (Å²) >= 11 is 15.1. The van der Waals surface area contributed by atoms with Crippen molar-refractivity contribution in [3.8, 4) is 0 Å².